The first-order chi connectivity index (χ1) is 10.2. The number of halogens is 1. The molecule has 4 nitrogen and oxygen atoms in total. The third-order valence-electron chi connectivity index (χ3n) is 2.81. The average Bonchev–Trinajstić information content (AvgIpc) is 2.51. The molecule has 0 aliphatic heterocycles. The maximum absolute atomic E-state index is 13.9. The lowest BCUT2D eigenvalue weighted by Crippen LogP contribution is -2.24. The van der Waals surface area contributed by atoms with Gasteiger partial charge in [0, 0.05) is 6.20 Å². The van der Waals surface area contributed by atoms with Crippen molar-refractivity contribution in [2.75, 3.05) is 19.0 Å². The van der Waals surface area contributed by atoms with Gasteiger partial charge in [-0.25, -0.2) is 4.39 Å². The van der Waals surface area contributed by atoms with Crippen LogP contribution in [0.2, 0.25) is 0 Å². The highest BCUT2D eigenvalue weighted by molar-refractivity contribution is 8.02. The lowest BCUT2D eigenvalue weighted by molar-refractivity contribution is 0.338. The Balaban J connectivity index is 2.69. The minimum absolute atomic E-state index is 0.0109. The Hall–Kier alpha value is -1.71. The number of thioether (sulfide) groups is 1. The monoisotopic (exact) mass is 309 g/mol. The number of rotatable bonds is 8. The van der Waals surface area contributed by atoms with Crippen LogP contribution in [-0.4, -0.2) is 23.9 Å². The number of hydrogen-bond donors (Lipinski definition) is 1. The first-order valence-electron chi connectivity index (χ1n) is 6.79. The molecule has 0 spiro atoms. The van der Waals surface area contributed by atoms with Gasteiger partial charge in [0.1, 0.15) is 6.07 Å². The molecular formula is C15H20FN3OS. The maximum atomic E-state index is 13.9. The van der Waals surface area contributed by atoms with Crippen LogP contribution in [0.25, 0.3) is 0 Å². The van der Waals surface area contributed by atoms with E-state index in [0.29, 0.717) is 11.0 Å². The Morgan fingerprint density at radius 3 is 2.86 bits per heavy atom. The second-order valence-electron chi connectivity index (χ2n) is 4.30. The summed E-state index contributed by atoms with van der Waals surface area (Å²) in [5.41, 5.74) is 5.48. The standard InChI is InChI=1S/C15H20FN3OS/c1-3-8-19(4-2)11-21-14(10-18)20-13-7-5-6-12(9-17)15(13)16/h5-7,10H,3-4,8,11,18H2,1-2H3/b14-10-. The lowest BCUT2D eigenvalue weighted by Gasteiger charge is -2.19. The molecule has 0 atom stereocenters. The minimum atomic E-state index is -0.666. The van der Waals surface area contributed by atoms with Gasteiger partial charge >= 0.3 is 0 Å². The predicted molar refractivity (Wildman–Crippen MR) is 84.0 cm³/mol. The summed E-state index contributed by atoms with van der Waals surface area (Å²) < 4.78 is 19.4. The topological polar surface area (TPSA) is 62.3 Å². The maximum Gasteiger partial charge on any atom is 0.183 e. The molecule has 1 aromatic carbocycles. The number of nitriles is 1. The van der Waals surface area contributed by atoms with E-state index >= 15 is 0 Å². The molecule has 0 aromatic heterocycles. The van der Waals surface area contributed by atoms with Gasteiger partial charge in [0.05, 0.1) is 11.4 Å². The second kappa shape index (κ2) is 9.27. The van der Waals surface area contributed by atoms with Crippen molar-refractivity contribution in [3.05, 3.63) is 40.9 Å². The normalized spacial score (nSPS) is 11.5. The molecule has 2 N–H and O–H groups in total. The lowest BCUT2D eigenvalue weighted by atomic mass is 10.2. The molecule has 6 heteroatoms. The fourth-order valence-electron chi connectivity index (χ4n) is 1.68. The van der Waals surface area contributed by atoms with Crippen LogP contribution < -0.4 is 10.5 Å². The van der Waals surface area contributed by atoms with E-state index in [1.807, 2.05) is 0 Å². The van der Waals surface area contributed by atoms with Gasteiger partial charge in [-0.3, -0.25) is 4.90 Å². The molecule has 0 unspecified atom stereocenters. The van der Waals surface area contributed by atoms with E-state index in [1.54, 1.807) is 12.1 Å². The van der Waals surface area contributed by atoms with Crippen LogP contribution in [0.1, 0.15) is 25.8 Å². The Kier molecular flexibility index (Phi) is 7.65. The molecule has 0 radical (unpaired) electrons. The molecule has 0 amide bonds. The summed E-state index contributed by atoms with van der Waals surface area (Å²) in [6, 6.07) is 6.24. The zero-order chi connectivity index (χ0) is 15.7. The van der Waals surface area contributed by atoms with Gasteiger partial charge in [-0.15, -0.1) is 0 Å². The van der Waals surface area contributed by atoms with Crippen molar-refractivity contribution in [2.24, 2.45) is 5.73 Å². The summed E-state index contributed by atoms with van der Waals surface area (Å²) in [6.07, 6.45) is 2.37. The van der Waals surface area contributed by atoms with Gasteiger partial charge in [-0.2, -0.15) is 5.26 Å². The average molecular weight is 309 g/mol. The van der Waals surface area contributed by atoms with E-state index in [1.165, 1.54) is 30.1 Å². The summed E-state index contributed by atoms with van der Waals surface area (Å²) >= 11 is 1.40. The fraction of sp³-hybridized carbons (Fsp3) is 0.400. The van der Waals surface area contributed by atoms with Gasteiger partial charge < -0.3 is 10.5 Å². The minimum Gasteiger partial charge on any atom is -0.446 e. The summed E-state index contributed by atoms with van der Waals surface area (Å²) in [4.78, 5) is 2.24. The summed E-state index contributed by atoms with van der Waals surface area (Å²) in [5, 5.41) is 9.22. The van der Waals surface area contributed by atoms with Crippen LogP contribution in [0.4, 0.5) is 4.39 Å². The van der Waals surface area contributed by atoms with Crippen molar-refractivity contribution in [1.82, 2.24) is 4.90 Å². The van der Waals surface area contributed by atoms with Crippen LogP contribution >= 0.6 is 11.8 Å². The van der Waals surface area contributed by atoms with Crippen LogP contribution in [0.15, 0.2) is 29.5 Å². The molecule has 0 aliphatic carbocycles. The Morgan fingerprint density at radius 1 is 1.52 bits per heavy atom. The zero-order valence-electron chi connectivity index (χ0n) is 12.3. The van der Waals surface area contributed by atoms with Crippen molar-refractivity contribution in [2.45, 2.75) is 20.3 Å². The van der Waals surface area contributed by atoms with E-state index in [4.69, 9.17) is 15.7 Å². The van der Waals surface area contributed by atoms with E-state index in [-0.39, 0.29) is 11.3 Å². The smallest absolute Gasteiger partial charge is 0.183 e. The van der Waals surface area contributed by atoms with Gasteiger partial charge in [0.15, 0.2) is 16.7 Å². The molecular weight excluding hydrogens is 289 g/mol. The molecule has 21 heavy (non-hydrogen) atoms. The van der Waals surface area contributed by atoms with Gasteiger partial charge in [0.2, 0.25) is 0 Å². The summed E-state index contributed by atoms with van der Waals surface area (Å²) in [5.74, 6) is 0.0603. The van der Waals surface area contributed by atoms with E-state index in [0.717, 1.165) is 19.5 Å². The molecule has 0 heterocycles. The number of ether oxygens (including phenoxy) is 1. The van der Waals surface area contributed by atoms with Gasteiger partial charge in [-0.1, -0.05) is 31.7 Å². The van der Waals surface area contributed by atoms with E-state index < -0.39 is 5.82 Å². The second-order valence-corrected chi connectivity index (χ2v) is 5.25. The molecule has 0 bridgehead atoms. The van der Waals surface area contributed by atoms with Crippen LogP contribution in [-0.2, 0) is 0 Å². The molecule has 0 saturated heterocycles. The van der Waals surface area contributed by atoms with Crippen molar-refractivity contribution >= 4 is 11.8 Å². The van der Waals surface area contributed by atoms with Gasteiger partial charge in [0.25, 0.3) is 0 Å². The van der Waals surface area contributed by atoms with E-state index in [2.05, 4.69) is 18.7 Å². The molecule has 0 fully saturated rings. The Bertz CT molecular complexity index is 528. The largest absolute Gasteiger partial charge is 0.446 e. The van der Waals surface area contributed by atoms with E-state index in [9.17, 15) is 4.39 Å². The Labute approximate surface area is 129 Å². The molecule has 0 aliphatic rings. The highest BCUT2D eigenvalue weighted by Gasteiger charge is 2.12. The zero-order valence-corrected chi connectivity index (χ0v) is 13.1. The number of benzene rings is 1. The van der Waals surface area contributed by atoms with Crippen LogP contribution in [0.3, 0.4) is 0 Å². The van der Waals surface area contributed by atoms with Crippen LogP contribution in [0.5, 0.6) is 5.75 Å². The third kappa shape index (κ3) is 5.29. The predicted octanol–water partition coefficient (Wildman–Crippen LogP) is 3.26. The quantitative estimate of drug-likeness (QED) is 0.590. The fourth-order valence-corrected chi connectivity index (χ4v) is 2.55. The van der Waals surface area contributed by atoms with Crippen molar-refractivity contribution in [3.8, 4) is 11.8 Å². The molecule has 114 valence electrons. The first-order valence-corrected chi connectivity index (χ1v) is 7.78. The summed E-state index contributed by atoms with van der Waals surface area (Å²) in [7, 11) is 0. The van der Waals surface area contributed by atoms with Crippen molar-refractivity contribution in [3.63, 3.8) is 0 Å². The third-order valence-corrected chi connectivity index (χ3v) is 3.80. The van der Waals surface area contributed by atoms with Gasteiger partial charge in [-0.05, 0) is 31.6 Å². The highest BCUT2D eigenvalue weighted by atomic mass is 32.2. The SMILES string of the molecule is CCCN(CC)CS/C(=C\N)Oc1cccc(C#N)c1F. The molecule has 1 rings (SSSR count). The molecule has 1 aromatic rings. The first kappa shape index (κ1) is 17.3. The van der Waals surface area contributed by atoms with Crippen molar-refractivity contribution in [1.29, 1.82) is 5.26 Å². The number of nitrogens with zero attached hydrogens (tertiary/aromatic N) is 2. The summed E-state index contributed by atoms with van der Waals surface area (Å²) in [6.45, 7) is 6.11. The van der Waals surface area contributed by atoms with Crippen LogP contribution in [0, 0.1) is 17.1 Å². The molecule has 0 saturated carbocycles. The van der Waals surface area contributed by atoms with Crippen molar-refractivity contribution < 1.29 is 9.13 Å². The number of hydrogen-bond acceptors (Lipinski definition) is 5. The highest BCUT2D eigenvalue weighted by Crippen LogP contribution is 2.26. The number of nitrogens with two attached hydrogens (primary N) is 1. The Morgan fingerprint density at radius 2 is 2.29 bits per heavy atom.